The van der Waals surface area contributed by atoms with Crippen LogP contribution in [0.4, 0.5) is 13.2 Å². The number of halogens is 4. The molecule has 0 N–H and O–H groups in total. The van der Waals surface area contributed by atoms with Crippen molar-refractivity contribution in [2.45, 2.75) is 12.6 Å². The molecule has 82 valence electrons. The fourth-order valence-electron chi connectivity index (χ4n) is 0.986. The Morgan fingerprint density at radius 3 is 2.67 bits per heavy atom. The molecule has 5 heteroatoms. The van der Waals surface area contributed by atoms with E-state index in [1.54, 1.807) is 12.2 Å². The van der Waals surface area contributed by atoms with E-state index in [9.17, 15) is 13.2 Å². The van der Waals surface area contributed by atoms with Gasteiger partial charge < -0.3 is 0 Å². The predicted molar refractivity (Wildman–Crippen MR) is 56.7 cm³/mol. The van der Waals surface area contributed by atoms with Crippen molar-refractivity contribution in [3.05, 3.63) is 35.7 Å². The molecule has 0 aliphatic carbocycles. The maximum Gasteiger partial charge on any atom is 0.417 e. The lowest BCUT2D eigenvalue weighted by molar-refractivity contribution is -0.137. The van der Waals surface area contributed by atoms with Gasteiger partial charge in [0.15, 0.2) is 0 Å². The molecule has 15 heavy (non-hydrogen) atoms. The minimum Gasteiger partial charge on any atom is -0.263 e. The monoisotopic (exact) mass is 279 g/mol. The van der Waals surface area contributed by atoms with Gasteiger partial charge in [-0.25, -0.2) is 0 Å². The van der Waals surface area contributed by atoms with Crippen LogP contribution < -0.4 is 0 Å². The highest BCUT2D eigenvalue weighted by Gasteiger charge is 2.30. The summed E-state index contributed by atoms with van der Waals surface area (Å²) >= 11 is 3.22. The van der Waals surface area contributed by atoms with Gasteiger partial charge in [0.25, 0.3) is 0 Å². The van der Waals surface area contributed by atoms with Crippen LogP contribution in [0.25, 0.3) is 6.08 Å². The molecule has 0 atom stereocenters. The van der Waals surface area contributed by atoms with E-state index in [-0.39, 0.29) is 0 Å². The third kappa shape index (κ3) is 4.03. The quantitative estimate of drug-likeness (QED) is 0.765. The molecule has 0 fully saturated rings. The molecule has 1 aromatic heterocycles. The molecule has 0 radical (unpaired) electrons. The zero-order chi connectivity index (χ0) is 11.3. The van der Waals surface area contributed by atoms with Gasteiger partial charge in [-0.1, -0.05) is 28.1 Å². The van der Waals surface area contributed by atoms with Crippen molar-refractivity contribution in [3.8, 4) is 0 Å². The summed E-state index contributed by atoms with van der Waals surface area (Å²) in [6, 6.07) is 1.08. The second-order valence-electron chi connectivity index (χ2n) is 2.88. The summed E-state index contributed by atoms with van der Waals surface area (Å²) in [7, 11) is 0. The van der Waals surface area contributed by atoms with Crippen LogP contribution in [0.3, 0.4) is 0 Å². The first kappa shape index (κ1) is 12.2. The van der Waals surface area contributed by atoms with Gasteiger partial charge in [0.1, 0.15) is 0 Å². The maximum atomic E-state index is 12.3. The summed E-state index contributed by atoms with van der Waals surface area (Å²) in [5.41, 5.74) is -0.255. The fraction of sp³-hybridized carbons (Fsp3) is 0.300. The molecule has 0 unspecified atom stereocenters. The topological polar surface area (TPSA) is 12.9 Å². The molecule has 0 aliphatic heterocycles. The summed E-state index contributed by atoms with van der Waals surface area (Å²) in [6.07, 6.45) is 2.10. The Kier molecular flexibility index (Phi) is 4.32. The molecule has 1 rings (SSSR count). The SMILES string of the molecule is FC(F)(F)c1cncc(C=CCCBr)c1. The summed E-state index contributed by atoms with van der Waals surface area (Å²) in [5.74, 6) is 0. The Balaban J connectivity index is 2.84. The second-order valence-corrected chi connectivity index (χ2v) is 3.68. The van der Waals surface area contributed by atoms with Crippen molar-refractivity contribution >= 4 is 22.0 Å². The Hall–Kier alpha value is -0.840. The molecule has 0 bridgehead atoms. The highest BCUT2D eigenvalue weighted by Crippen LogP contribution is 2.29. The van der Waals surface area contributed by atoms with Gasteiger partial charge in [-0.2, -0.15) is 13.2 Å². The van der Waals surface area contributed by atoms with Crippen LogP contribution >= 0.6 is 15.9 Å². The lowest BCUT2D eigenvalue weighted by Crippen LogP contribution is -2.05. The Morgan fingerprint density at radius 2 is 2.07 bits per heavy atom. The largest absolute Gasteiger partial charge is 0.417 e. The molecule has 0 spiro atoms. The summed E-state index contributed by atoms with van der Waals surface area (Å²) in [5, 5.41) is 0.788. The van der Waals surface area contributed by atoms with Crippen LogP contribution in [-0.4, -0.2) is 10.3 Å². The molecule has 0 saturated carbocycles. The number of hydrogen-bond acceptors (Lipinski definition) is 1. The van der Waals surface area contributed by atoms with Crippen molar-refractivity contribution in [2.24, 2.45) is 0 Å². The van der Waals surface area contributed by atoms with Crippen LogP contribution in [0.2, 0.25) is 0 Å². The van der Waals surface area contributed by atoms with Crippen molar-refractivity contribution in [1.29, 1.82) is 0 Å². The van der Waals surface area contributed by atoms with E-state index in [1.807, 2.05) is 0 Å². The Bertz CT molecular complexity index is 347. The number of alkyl halides is 4. The smallest absolute Gasteiger partial charge is 0.263 e. The normalized spacial score (nSPS) is 12.3. The van der Waals surface area contributed by atoms with Gasteiger partial charge in [0.2, 0.25) is 0 Å². The Morgan fingerprint density at radius 1 is 1.33 bits per heavy atom. The van der Waals surface area contributed by atoms with Crippen LogP contribution in [0.1, 0.15) is 17.5 Å². The zero-order valence-electron chi connectivity index (χ0n) is 7.76. The highest BCUT2D eigenvalue weighted by molar-refractivity contribution is 9.09. The number of nitrogens with zero attached hydrogens (tertiary/aromatic N) is 1. The molecule has 0 amide bonds. The van der Waals surface area contributed by atoms with E-state index in [4.69, 9.17) is 0 Å². The molecule has 0 aromatic carbocycles. The number of rotatable bonds is 3. The molecular formula is C10H9BrF3N. The van der Waals surface area contributed by atoms with Gasteiger partial charge in [0, 0.05) is 17.7 Å². The van der Waals surface area contributed by atoms with E-state index in [0.29, 0.717) is 5.56 Å². The minimum absolute atomic E-state index is 0.464. The number of pyridine rings is 1. The molecular weight excluding hydrogens is 271 g/mol. The average molecular weight is 280 g/mol. The molecule has 0 saturated heterocycles. The number of hydrogen-bond donors (Lipinski definition) is 0. The van der Waals surface area contributed by atoms with E-state index < -0.39 is 11.7 Å². The van der Waals surface area contributed by atoms with E-state index in [0.717, 1.165) is 24.0 Å². The fourth-order valence-corrected chi connectivity index (χ4v) is 1.25. The van der Waals surface area contributed by atoms with Crippen molar-refractivity contribution in [3.63, 3.8) is 0 Å². The van der Waals surface area contributed by atoms with Crippen molar-refractivity contribution in [2.75, 3.05) is 5.33 Å². The first-order chi connectivity index (χ1) is 7.04. The van der Waals surface area contributed by atoms with Gasteiger partial charge in [-0.3, -0.25) is 4.98 Å². The van der Waals surface area contributed by atoms with Crippen molar-refractivity contribution in [1.82, 2.24) is 4.98 Å². The van der Waals surface area contributed by atoms with Crippen LogP contribution in [0, 0.1) is 0 Å². The Labute approximate surface area is 94.2 Å². The van der Waals surface area contributed by atoms with E-state index >= 15 is 0 Å². The standard InChI is InChI=1S/C10H9BrF3N/c11-4-2-1-3-8-5-9(7-15-6-8)10(12,13)14/h1,3,5-7H,2,4H2. The lowest BCUT2D eigenvalue weighted by Gasteiger charge is -2.05. The van der Waals surface area contributed by atoms with Crippen LogP contribution in [0.5, 0.6) is 0 Å². The summed E-state index contributed by atoms with van der Waals surface area (Å²) in [6.45, 7) is 0. The predicted octanol–water partition coefficient (Wildman–Crippen LogP) is 3.90. The van der Waals surface area contributed by atoms with Crippen molar-refractivity contribution < 1.29 is 13.2 Å². The highest BCUT2D eigenvalue weighted by atomic mass is 79.9. The third-order valence-corrected chi connectivity index (χ3v) is 2.13. The second kappa shape index (κ2) is 5.30. The summed E-state index contributed by atoms with van der Waals surface area (Å²) < 4.78 is 36.9. The van der Waals surface area contributed by atoms with Gasteiger partial charge in [0.05, 0.1) is 5.56 Å². The summed E-state index contributed by atoms with van der Waals surface area (Å²) in [4.78, 5) is 3.55. The number of aromatic nitrogens is 1. The zero-order valence-corrected chi connectivity index (χ0v) is 9.35. The first-order valence-corrected chi connectivity index (χ1v) is 5.41. The maximum absolute atomic E-state index is 12.3. The molecule has 1 aromatic rings. The molecule has 1 heterocycles. The van der Waals surface area contributed by atoms with Crippen LogP contribution in [0.15, 0.2) is 24.5 Å². The molecule has 1 nitrogen and oxygen atoms in total. The van der Waals surface area contributed by atoms with E-state index in [2.05, 4.69) is 20.9 Å². The number of allylic oxidation sites excluding steroid dienone is 1. The van der Waals surface area contributed by atoms with Gasteiger partial charge in [-0.05, 0) is 18.1 Å². The lowest BCUT2D eigenvalue weighted by atomic mass is 10.2. The van der Waals surface area contributed by atoms with Gasteiger partial charge >= 0.3 is 6.18 Å². The average Bonchev–Trinajstić information content (AvgIpc) is 2.17. The first-order valence-electron chi connectivity index (χ1n) is 4.29. The van der Waals surface area contributed by atoms with Crippen LogP contribution in [-0.2, 0) is 6.18 Å². The minimum atomic E-state index is -4.33. The van der Waals surface area contributed by atoms with E-state index in [1.165, 1.54) is 6.20 Å². The van der Waals surface area contributed by atoms with Gasteiger partial charge in [-0.15, -0.1) is 0 Å². The third-order valence-electron chi connectivity index (χ3n) is 1.67. The molecule has 0 aliphatic rings.